The van der Waals surface area contributed by atoms with E-state index in [2.05, 4.69) is 20.4 Å². The molecule has 2 aromatic heterocycles. The molecule has 2 bridgehead atoms. The molecule has 1 aliphatic carbocycles. The van der Waals surface area contributed by atoms with Gasteiger partial charge in [-0.1, -0.05) is 0 Å². The molecule has 3 aromatic rings. The molecule has 1 saturated carbocycles. The van der Waals surface area contributed by atoms with Gasteiger partial charge in [-0.3, -0.25) is 0 Å². The Kier molecular flexibility index (Phi) is 5.19. The van der Waals surface area contributed by atoms with Crippen molar-refractivity contribution in [1.82, 2.24) is 25.0 Å². The molecular formula is C23H26F2N8O. The van der Waals surface area contributed by atoms with E-state index in [1.54, 1.807) is 19.4 Å². The van der Waals surface area contributed by atoms with Crippen molar-refractivity contribution in [1.29, 1.82) is 0 Å². The predicted octanol–water partition coefficient (Wildman–Crippen LogP) is 3.22. The van der Waals surface area contributed by atoms with Crippen molar-refractivity contribution < 1.29 is 13.5 Å². The number of aromatic nitrogens is 5. The second-order valence-electron chi connectivity index (χ2n) is 9.19. The number of piperidine rings is 1. The summed E-state index contributed by atoms with van der Waals surface area (Å²) in [7, 11) is 1.60. The summed E-state index contributed by atoms with van der Waals surface area (Å²) in [5.74, 6) is 0.960. The molecular weight excluding hydrogens is 442 g/mol. The molecule has 0 amide bonds. The van der Waals surface area contributed by atoms with Crippen LogP contribution in [0.2, 0.25) is 0 Å². The van der Waals surface area contributed by atoms with E-state index in [9.17, 15) is 8.78 Å². The molecule has 2 fully saturated rings. The topological polar surface area (TPSA) is 84.2 Å². The lowest BCUT2D eigenvalue weighted by Gasteiger charge is -2.39. The van der Waals surface area contributed by atoms with Crippen LogP contribution >= 0.6 is 0 Å². The number of fused-ring (bicyclic) bond motifs is 3. The summed E-state index contributed by atoms with van der Waals surface area (Å²) >= 11 is 0. The van der Waals surface area contributed by atoms with Gasteiger partial charge in [0, 0.05) is 50.0 Å². The number of halogens is 2. The third-order valence-corrected chi connectivity index (χ3v) is 7.18. The lowest BCUT2D eigenvalue weighted by molar-refractivity contribution is 0.372. The van der Waals surface area contributed by atoms with Crippen LogP contribution in [0.3, 0.4) is 0 Å². The lowest BCUT2D eigenvalue weighted by Crippen LogP contribution is -2.48. The van der Waals surface area contributed by atoms with Gasteiger partial charge in [-0.25, -0.2) is 13.5 Å². The summed E-state index contributed by atoms with van der Waals surface area (Å²) in [6.07, 6.45) is 4.92. The van der Waals surface area contributed by atoms with E-state index >= 15 is 0 Å². The van der Waals surface area contributed by atoms with Gasteiger partial charge in [-0.15, -0.1) is 10.2 Å². The molecule has 1 N–H and O–H groups in total. The molecule has 11 heteroatoms. The molecule has 34 heavy (non-hydrogen) atoms. The first-order valence-electron chi connectivity index (χ1n) is 11.6. The van der Waals surface area contributed by atoms with Gasteiger partial charge >= 0.3 is 0 Å². The van der Waals surface area contributed by atoms with Crippen molar-refractivity contribution in [3.8, 4) is 5.88 Å². The fourth-order valence-corrected chi connectivity index (χ4v) is 5.55. The van der Waals surface area contributed by atoms with Crippen molar-refractivity contribution in [2.45, 2.75) is 31.8 Å². The van der Waals surface area contributed by atoms with Gasteiger partial charge in [0.15, 0.2) is 11.6 Å². The van der Waals surface area contributed by atoms with Crippen LogP contribution in [0.5, 0.6) is 5.88 Å². The highest BCUT2D eigenvalue weighted by molar-refractivity contribution is 5.59. The fraction of sp³-hybridized carbons (Fsp3) is 0.478. The van der Waals surface area contributed by atoms with Crippen LogP contribution in [0.15, 0.2) is 30.5 Å². The van der Waals surface area contributed by atoms with Gasteiger partial charge in [0.2, 0.25) is 17.8 Å². The van der Waals surface area contributed by atoms with E-state index in [0.717, 1.165) is 50.7 Å². The summed E-state index contributed by atoms with van der Waals surface area (Å²) in [6.45, 7) is 3.25. The molecule has 1 aromatic carbocycles. The monoisotopic (exact) mass is 468 g/mol. The maximum atomic E-state index is 13.8. The van der Waals surface area contributed by atoms with E-state index in [0.29, 0.717) is 41.8 Å². The van der Waals surface area contributed by atoms with E-state index in [-0.39, 0.29) is 6.04 Å². The van der Waals surface area contributed by atoms with E-state index in [4.69, 9.17) is 14.8 Å². The van der Waals surface area contributed by atoms with Crippen molar-refractivity contribution in [3.63, 3.8) is 0 Å². The van der Waals surface area contributed by atoms with Crippen LogP contribution in [0, 0.1) is 23.5 Å². The number of nitrogens with one attached hydrogen (secondary N) is 1. The summed E-state index contributed by atoms with van der Waals surface area (Å²) in [5.41, 5.74) is 1.61. The summed E-state index contributed by atoms with van der Waals surface area (Å²) in [4.78, 5) is 9.00. The number of nitrogens with zero attached hydrogens (tertiary/aromatic N) is 7. The van der Waals surface area contributed by atoms with E-state index in [1.807, 2.05) is 15.6 Å². The number of aryl methyl sites for hydroxylation is 1. The first-order chi connectivity index (χ1) is 16.6. The Bertz CT molecular complexity index is 1190. The summed E-state index contributed by atoms with van der Waals surface area (Å²) in [5, 5.41) is 16.3. The Morgan fingerprint density at radius 3 is 2.62 bits per heavy atom. The molecule has 9 nitrogen and oxygen atoms in total. The summed E-state index contributed by atoms with van der Waals surface area (Å²) < 4.78 is 34.3. The highest BCUT2D eigenvalue weighted by Gasteiger charge is 2.43. The number of anilines is 4. The minimum atomic E-state index is -0.863. The molecule has 4 heterocycles. The second kappa shape index (κ2) is 8.37. The largest absolute Gasteiger partial charge is 0.480 e. The molecule has 1 saturated heterocycles. The number of hydrogen-bond donors (Lipinski definition) is 1. The van der Waals surface area contributed by atoms with Gasteiger partial charge in [-0.05, 0) is 43.2 Å². The van der Waals surface area contributed by atoms with Gasteiger partial charge < -0.3 is 19.9 Å². The van der Waals surface area contributed by atoms with E-state index in [1.165, 1.54) is 6.07 Å². The van der Waals surface area contributed by atoms with Crippen LogP contribution in [0.1, 0.15) is 19.3 Å². The number of hydrogen-bond acceptors (Lipinski definition) is 8. The SMILES string of the molecule is COc1cc(N2CC3CC[C@@H](C2)[C@@H]3Nc2nc3n(n2)CCCN3c2ccc(F)c(F)c2)cnn1. The Balaban J connectivity index is 1.20. The Labute approximate surface area is 195 Å². The first-order valence-corrected chi connectivity index (χ1v) is 11.6. The third kappa shape index (κ3) is 3.68. The lowest BCUT2D eigenvalue weighted by atomic mass is 9.92. The smallest absolute Gasteiger partial charge is 0.244 e. The Hall–Kier alpha value is -3.50. The average Bonchev–Trinajstić information content (AvgIpc) is 3.36. The van der Waals surface area contributed by atoms with Crippen molar-refractivity contribution in [2.24, 2.45) is 11.8 Å². The Morgan fingerprint density at radius 2 is 1.85 bits per heavy atom. The van der Waals surface area contributed by atoms with Crippen molar-refractivity contribution in [2.75, 3.05) is 41.9 Å². The predicted molar refractivity (Wildman–Crippen MR) is 122 cm³/mol. The van der Waals surface area contributed by atoms with Crippen LogP contribution in [0.4, 0.5) is 32.1 Å². The minimum absolute atomic E-state index is 0.286. The number of methoxy groups -OCH3 is 1. The van der Waals surface area contributed by atoms with Gasteiger partial charge in [0.25, 0.3) is 0 Å². The average molecular weight is 469 g/mol. The maximum Gasteiger partial charge on any atom is 0.244 e. The minimum Gasteiger partial charge on any atom is -0.480 e. The van der Waals surface area contributed by atoms with Gasteiger partial charge in [-0.2, -0.15) is 10.1 Å². The zero-order chi connectivity index (χ0) is 23.2. The molecule has 178 valence electrons. The number of rotatable bonds is 5. The van der Waals surface area contributed by atoms with Gasteiger partial charge in [0.05, 0.1) is 19.0 Å². The third-order valence-electron chi connectivity index (χ3n) is 7.18. The quantitative estimate of drug-likeness (QED) is 0.611. The Morgan fingerprint density at radius 1 is 1.03 bits per heavy atom. The van der Waals surface area contributed by atoms with E-state index < -0.39 is 11.6 Å². The molecule has 3 aliphatic rings. The second-order valence-corrected chi connectivity index (χ2v) is 9.19. The van der Waals surface area contributed by atoms with Crippen molar-refractivity contribution >= 4 is 23.3 Å². The number of benzene rings is 1. The van der Waals surface area contributed by atoms with Crippen LogP contribution in [-0.2, 0) is 6.54 Å². The standard InChI is InChI=1S/C23H26F2N8O/c1-34-20-10-17(11-26-29-20)31-12-14-3-4-15(13-31)21(14)27-22-28-23-32(7-2-8-33(23)30-22)16-5-6-18(24)19(25)9-16/h5-6,9-11,14-15,21H,2-4,7-8,12-13H2,1H3,(H,27,30)/t14-,15?,21-/m0/s1. The summed E-state index contributed by atoms with van der Waals surface area (Å²) in [6, 6.07) is 6.16. The van der Waals surface area contributed by atoms with Crippen molar-refractivity contribution in [3.05, 3.63) is 42.1 Å². The van der Waals surface area contributed by atoms with Crippen LogP contribution in [0.25, 0.3) is 0 Å². The van der Waals surface area contributed by atoms with Gasteiger partial charge in [0.1, 0.15) is 0 Å². The normalized spacial score (nSPS) is 23.7. The molecule has 6 rings (SSSR count). The fourth-order valence-electron chi connectivity index (χ4n) is 5.55. The molecule has 2 aliphatic heterocycles. The zero-order valence-corrected chi connectivity index (χ0v) is 18.9. The number of ether oxygens (including phenoxy) is 1. The highest BCUT2D eigenvalue weighted by Crippen LogP contribution is 2.40. The molecule has 0 radical (unpaired) electrons. The highest BCUT2D eigenvalue weighted by atomic mass is 19.2. The maximum absolute atomic E-state index is 13.8. The molecule has 3 atom stereocenters. The molecule has 0 spiro atoms. The first kappa shape index (κ1) is 21.1. The van der Waals surface area contributed by atoms with Crippen LogP contribution < -0.4 is 19.9 Å². The molecule has 1 unspecified atom stereocenters. The zero-order valence-electron chi connectivity index (χ0n) is 18.9. The van der Waals surface area contributed by atoms with Crippen LogP contribution in [-0.4, -0.2) is 57.7 Å².